The molecule has 0 saturated carbocycles. The zero-order valence-electron chi connectivity index (χ0n) is 11.7. The largest absolute Gasteiger partial charge is 0.422 e. The first-order valence-corrected chi connectivity index (χ1v) is 6.88. The summed E-state index contributed by atoms with van der Waals surface area (Å²) in [6.07, 6.45) is 2.60. The predicted molar refractivity (Wildman–Crippen MR) is 81.5 cm³/mol. The number of nitrogens with zero attached hydrogens (tertiary/aromatic N) is 4. The van der Waals surface area contributed by atoms with Crippen LogP contribution in [0.5, 0.6) is 0 Å². The molecule has 3 aromatic rings. The monoisotopic (exact) mass is 320 g/mol. The van der Waals surface area contributed by atoms with E-state index in [-0.39, 0.29) is 0 Å². The number of fused-ring (bicyclic) bond motifs is 1. The second kappa shape index (κ2) is 6.17. The van der Waals surface area contributed by atoms with E-state index >= 15 is 0 Å². The van der Waals surface area contributed by atoms with E-state index in [0.29, 0.717) is 35.3 Å². The number of benzene rings is 1. The zero-order chi connectivity index (χ0) is 15.5. The fraction of sp³-hybridized carbons (Fsp3) is 0.214. The number of methoxy groups -OCH3 is 1. The first kappa shape index (κ1) is 14.6. The minimum Gasteiger partial charge on any atom is -0.422 e. The highest BCUT2D eigenvalue weighted by Crippen LogP contribution is 2.33. The van der Waals surface area contributed by atoms with Crippen molar-refractivity contribution in [3.05, 3.63) is 35.2 Å². The van der Waals surface area contributed by atoms with E-state index in [1.54, 1.807) is 13.2 Å². The smallest absolute Gasteiger partial charge is 0.264 e. The molecule has 0 bridgehead atoms. The number of oxime groups is 1. The van der Waals surface area contributed by atoms with E-state index in [0.717, 1.165) is 10.9 Å². The Balaban J connectivity index is 2.34. The van der Waals surface area contributed by atoms with Crippen LogP contribution in [0, 0.1) is 0 Å². The molecule has 22 heavy (non-hydrogen) atoms. The summed E-state index contributed by atoms with van der Waals surface area (Å²) in [5.74, 6) is 0.332. The molecule has 114 valence electrons. The van der Waals surface area contributed by atoms with Gasteiger partial charge in [-0.25, -0.2) is 0 Å². The molecule has 3 rings (SSSR count). The van der Waals surface area contributed by atoms with Crippen LogP contribution in [0.4, 0.5) is 0 Å². The van der Waals surface area contributed by atoms with Gasteiger partial charge < -0.3 is 18.9 Å². The van der Waals surface area contributed by atoms with Gasteiger partial charge in [-0.3, -0.25) is 0 Å². The van der Waals surface area contributed by atoms with Gasteiger partial charge in [0.1, 0.15) is 5.69 Å². The third-order valence-corrected chi connectivity index (χ3v) is 3.57. The minimum atomic E-state index is 0.332. The van der Waals surface area contributed by atoms with Gasteiger partial charge in [0.15, 0.2) is 0 Å². The van der Waals surface area contributed by atoms with Crippen LogP contribution in [0.3, 0.4) is 0 Å². The van der Waals surface area contributed by atoms with Crippen molar-refractivity contribution < 1.29 is 14.4 Å². The summed E-state index contributed by atoms with van der Waals surface area (Å²) in [5.41, 5.74) is 2.20. The van der Waals surface area contributed by atoms with Crippen LogP contribution in [0.1, 0.15) is 5.56 Å². The zero-order valence-corrected chi connectivity index (χ0v) is 12.5. The van der Waals surface area contributed by atoms with Crippen LogP contribution in [0.25, 0.3) is 22.5 Å². The normalized spacial score (nSPS) is 11.7. The van der Waals surface area contributed by atoms with Gasteiger partial charge in [0.25, 0.3) is 5.89 Å². The predicted octanol–water partition coefficient (Wildman–Crippen LogP) is 2.80. The molecule has 0 aliphatic heterocycles. The molecule has 1 aromatic carbocycles. The van der Waals surface area contributed by atoms with Crippen LogP contribution < -0.4 is 0 Å². The molecule has 0 amide bonds. The maximum Gasteiger partial charge on any atom is 0.264 e. The van der Waals surface area contributed by atoms with Gasteiger partial charge in [-0.2, -0.15) is 0 Å². The molecule has 8 heteroatoms. The first-order chi connectivity index (χ1) is 10.8. The number of hydrogen-bond acceptors (Lipinski definition) is 6. The Labute approximate surface area is 130 Å². The van der Waals surface area contributed by atoms with Crippen LogP contribution >= 0.6 is 11.6 Å². The second-order valence-electron chi connectivity index (χ2n) is 4.56. The molecule has 0 aliphatic carbocycles. The molecule has 0 fully saturated rings. The highest BCUT2D eigenvalue weighted by atomic mass is 35.5. The number of halogens is 1. The van der Waals surface area contributed by atoms with E-state index in [4.69, 9.17) is 26.0 Å². The molecule has 0 radical (unpaired) electrons. The molecular weight excluding hydrogens is 308 g/mol. The van der Waals surface area contributed by atoms with Gasteiger partial charge in [-0.1, -0.05) is 22.8 Å². The number of hydrogen-bond donors (Lipinski definition) is 1. The van der Waals surface area contributed by atoms with Gasteiger partial charge in [0.2, 0.25) is 6.39 Å². The van der Waals surface area contributed by atoms with Crippen molar-refractivity contribution >= 4 is 28.7 Å². The Morgan fingerprint density at radius 2 is 2.36 bits per heavy atom. The third-order valence-electron chi connectivity index (χ3n) is 3.33. The van der Waals surface area contributed by atoms with Crippen molar-refractivity contribution in [3.8, 4) is 11.6 Å². The highest BCUT2D eigenvalue weighted by molar-refractivity contribution is 6.31. The van der Waals surface area contributed by atoms with E-state index in [1.807, 2.05) is 16.7 Å². The van der Waals surface area contributed by atoms with Crippen molar-refractivity contribution in [2.75, 3.05) is 13.7 Å². The standard InChI is InChI=1S/C14H13ClN4O3/c1-21-5-4-19-12-6-9(15)2-3-10(12)11(7-17-20)13(19)14-18-16-8-22-14/h2-3,6-8,20H,4-5H2,1H3/b17-7+. The summed E-state index contributed by atoms with van der Waals surface area (Å²) in [6, 6.07) is 5.47. The van der Waals surface area contributed by atoms with Crippen LogP contribution in [-0.4, -0.2) is 39.9 Å². The molecule has 0 spiro atoms. The van der Waals surface area contributed by atoms with E-state index in [9.17, 15) is 0 Å². The lowest BCUT2D eigenvalue weighted by Crippen LogP contribution is -2.06. The summed E-state index contributed by atoms with van der Waals surface area (Å²) in [4.78, 5) is 0. The first-order valence-electron chi connectivity index (χ1n) is 6.51. The summed E-state index contributed by atoms with van der Waals surface area (Å²) >= 11 is 6.11. The SMILES string of the molecule is COCCn1c(-c2nnco2)c(/C=N/O)c2ccc(Cl)cc21. The lowest BCUT2D eigenvalue weighted by Gasteiger charge is -2.08. The quantitative estimate of drug-likeness (QED) is 0.444. The maximum atomic E-state index is 8.98. The summed E-state index contributed by atoms with van der Waals surface area (Å²) < 4.78 is 12.4. The summed E-state index contributed by atoms with van der Waals surface area (Å²) in [7, 11) is 1.63. The highest BCUT2D eigenvalue weighted by Gasteiger charge is 2.21. The lowest BCUT2D eigenvalue weighted by molar-refractivity contribution is 0.188. The van der Waals surface area contributed by atoms with E-state index in [2.05, 4.69) is 15.4 Å². The molecule has 2 aromatic heterocycles. The Bertz CT molecular complexity index is 811. The van der Waals surface area contributed by atoms with Gasteiger partial charge in [0, 0.05) is 29.6 Å². The number of rotatable bonds is 5. The van der Waals surface area contributed by atoms with Gasteiger partial charge in [0.05, 0.1) is 18.3 Å². The Kier molecular flexibility index (Phi) is 4.08. The molecule has 0 unspecified atom stereocenters. The molecule has 0 atom stereocenters. The van der Waals surface area contributed by atoms with Gasteiger partial charge in [-0.05, 0) is 12.1 Å². The molecule has 7 nitrogen and oxygen atoms in total. The second-order valence-corrected chi connectivity index (χ2v) is 4.99. The van der Waals surface area contributed by atoms with Crippen molar-refractivity contribution in [1.82, 2.24) is 14.8 Å². The average molecular weight is 321 g/mol. The van der Waals surface area contributed by atoms with Crippen molar-refractivity contribution in [1.29, 1.82) is 0 Å². The van der Waals surface area contributed by atoms with E-state index in [1.165, 1.54) is 12.6 Å². The number of ether oxygens (including phenoxy) is 1. The van der Waals surface area contributed by atoms with E-state index < -0.39 is 0 Å². The van der Waals surface area contributed by atoms with Crippen molar-refractivity contribution in [2.45, 2.75) is 6.54 Å². The fourth-order valence-electron chi connectivity index (χ4n) is 2.46. The lowest BCUT2D eigenvalue weighted by atomic mass is 10.1. The summed E-state index contributed by atoms with van der Waals surface area (Å²) in [5, 5.41) is 21.3. The van der Waals surface area contributed by atoms with Gasteiger partial charge >= 0.3 is 0 Å². The van der Waals surface area contributed by atoms with Gasteiger partial charge in [-0.15, -0.1) is 10.2 Å². The number of aromatic nitrogens is 3. The average Bonchev–Trinajstić information content (AvgIpc) is 3.12. The maximum absolute atomic E-state index is 8.98. The molecule has 1 N–H and O–H groups in total. The molecular formula is C14H13ClN4O3. The Morgan fingerprint density at radius 1 is 1.50 bits per heavy atom. The molecule has 2 heterocycles. The summed E-state index contributed by atoms with van der Waals surface area (Å²) in [6.45, 7) is 1.05. The van der Waals surface area contributed by atoms with Crippen molar-refractivity contribution in [2.24, 2.45) is 5.16 Å². The molecule has 0 saturated heterocycles. The minimum absolute atomic E-state index is 0.332. The Morgan fingerprint density at radius 3 is 3.05 bits per heavy atom. The fourth-order valence-corrected chi connectivity index (χ4v) is 2.63. The van der Waals surface area contributed by atoms with Crippen molar-refractivity contribution in [3.63, 3.8) is 0 Å². The third kappa shape index (κ3) is 2.44. The van der Waals surface area contributed by atoms with Crippen LogP contribution in [0.2, 0.25) is 5.02 Å². The Hall–Kier alpha value is -2.38. The van der Waals surface area contributed by atoms with Crippen LogP contribution in [0.15, 0.2) is 34.2 Å². The van der Waals surface area contributed by atoms with Crippen LogP contribution in [-0.2, 0) is 11.3 Å². The molecule has 0 aliphatic rings. The topological polar surface area (TPSA) is 85.7 Å².